The normalized spacial score (nSPS) is 17.1. The third-order valence-electron chi connectivity index (χ3n) is 6.44. The minimum Gasteiger partial charge on any atom is -0.384 e. The van der Waals surface area contributed by atoms with Crippen molar-refractivity contribution in [3.8, 4) is 0 Å². The summed E-state index contributed by atoms with van der Waals surface area (Å²) in [5, 5.41) is 6.15. The first kappa shape index (κ1) is 23.0. The van der Waals surface area contributed by atoms with Crippen LogP contribution in [0.4, 0.5) is 5.69 Å². The zero-order chi connectivity index (χ0) is 22.2. The lowest BCUT2D eigenvalue weighted by Crippen LogP contribution is -2.23. The van der Waals surface area contributed by atoms with Gasteiger partial charge in [-0.25, -0.2) is 0 Å². The molecule has 0 amide bonds. The quantitative estimate of drug-likeness (QED) is 0.312. The van der Waals surface area contributed by atoms with Gasteiger partial charge in [0, 0.05) is 48.3 Å². The molecule has 1 aromatic carbocycles. The summed E-state index contributed by atoms with van der Waals surface area (Å²) in [6.45, 7) is 9.03. The number of hydrogen-bond acceptors (Lipinski definition) is 5. The van der Waals surface area contributed by atoms with E-state index in [0.29, 0.717) is 0 Å². The van der Waals surface area contributed by atoms with Crippen molar-refractivity contribution in [3.63, 3.8) is 0 Å². The molecule has 6 heteroatoms. The molecule has 0 saturated carbocycles. The van der Waals surface area contributed by atoms with E-state index in [0.717, 1.165) is 42.6 Å². The van der Waals surface area contributed by atoms with Crippen molar-refractivity contribution in [1.29, 1.82) is 0 Å². The first-order chi connectivity index (χ1) is 15.8. The number of aryl methyl sites for hydroxylation is 1. The molecule has 172 valence electrons. The van der Waals surface area contributed by atoms with Crippen molar-refractivity contribution in [1.82, 2.24) is 14.6 Å². The van der Waals surface area contributed by atoms with Crippen LogP contribution in [0.5, 0.6) is 0 Å². The summed E-state index contributed by atoms with van der Waals surface area (Å²) in [5.74, 6) is 0.949. The van der Waals surface area contributed by atoms with Crippen molar-refractivity contribution in [2.24, 2.45) is 4.99 Å². The molecule has 0 radical (unpaired) electrons. The number of unbranched alkanes of at least 4 members (excludes halogenated alkanes) is 5. The van der Waals surface area contributed by atoms with Gasteiger partial charge in [0.2, 0.25) is 0 Å². The highest BCUT2D eigenvalue weighted by molar-refractivity contribution is 8.12. The average molecular weight is 452 g/mol. The number of benzene rings is 1. The number of hydrogen-bond donors (Lipinski definition) is 2. The molecule has 5 nitrogen and oxygen atoms in total. The second-order valence-corrected chi connectivity index (χ2v) is 9.52. The smallest absolute Gasteiger partial charge is 0.185 e. The number of amidine groups is 1. The van der Waals surface area contributed by atoms with Crippen LogP contribution < -0.4 is 10.0 Å². The number of aliphatic imine (C=N–C) groups is 1. The zero-order valence-electron chi connectivity index (χ0n) is 19.5. The summed E-state index contributed by atoms with van der Waals surface area (Å²) in [4.78, 5) is 11.8. The fourth-order valence-corrected chi connectivity index (χ4v) is 5.51. The Kier molecular flexibility index (Phi) is 8.32. The molecule has 4 rings (SSSR count). The third-order valence-corrected chi connectivity index (χ3v) is 7.31. The summed E-state index contributed by atoms with van der Waals surface area (Å²) in [7, 11) is 0. The predicted molar refractivity (Wildman–Crippen MR) is 139 cm³/mol. The zero-order valence-corrected chi connectivity index (χ0v) is 20.3. The predicted octanol–water partition coefficient (Wildman–Crippen LogP) is 6.27. The van der Waals surface area contributed by atoms with Gasteiger partial charge < -0.3 is 14.9 Å². The Labute approximate surface area is 197 Å². The lowest BCUT2D eigenvalue weighted by atomic mass is 9.92. The van der Waals surface area contributed by atoms with Crippen LogP contribution in [0.2, 0.25) is 0 Å². The Morgan fingerprint density at radius 2 is 1.88 bits per heavy atom. The SMILES string of the molecule is C=C1NSC(=NCCCCCCCCNc2c3c(nc4ccccc24)CCCC3)N1CC. The highest BCUT2D eigenvalue weighted by atomic mass is 32.2. The van der Waals surface area contributed by atoms with E-state index >= 15 is 0 Å². The van der Waals surface area contributed by atoms with E-state index in [9.17, 15) is 0 Å². The van der Waals surface area contributed by atoms with Gasteiger partial charge in [-0.1, -0.05) is 50.5 Å². The van der Waals surface area contributed by atoms with Gasteiger partial charge in [-0.3, -0.25) is 9.98 Å². The number of rotatable bonds is 11. The lowest BCUT2D eigenvalue weighted by Gasteiger charge is -2.21. The van der Waals surface area contributed by atoms with E-state index in [-0.39, 0.29) is 0 Å². The van der Waals surface area contributed by atoms with E-state index < -0.39 is 0 Å². The second-order valence-electron chi connectivity index (χ2n) is 8.74. The van der Waals surface area contributed by atoms with E-state index in [4.69, 9.17) is 9.98 Å². The number of nitrogens with one attached hydrogen (secondary N) is 2. The van der Waals surface area contributed by atoms with Crippen LogP contribution in [0.25, 0.3) is 10.9 Å². The molecule has 2 aromatic rings. The highest BCUT2D eigenvalue weighted by Crippen LogP contribution is 2.33. The number of nitrogens with zero attached hydrogens (tertiary/aromatic N) is 3. The Balaban J connectivity index is 1.15. The largest absolute Gasteiger partial charge is 0.384 e. The Morgan fingerprint density at radius 1 is 1.09 bits per heavy atom. The van der Waals surface area contributed by atoms with Gasteiger partial charge in [0.1, 0.15) is 5.82 Å². The maximum absolute atomic E-state index is 4.95. The molecule has 1 saturated heterocycles. The van der Waals surface area contributed by atoms with Crippen LogP contribution in [0, 0.1) is 0 Å². The molecule has 1 fully saturated rings. The summed E-state index contributed by atoms with van der Waals surface area (Å²) in [6, 6.07) is 8.60. The minimum absolute atomic E-state index is 0.912. The van der Waals surface area contributed by atoms with Gasteiger partial charge in [-0.15, -0.1) is 0 Å². The summed E-state index contributed by atoms with van der Waals surface area (Å²) >= 11 is 1.58. The van der Waals surface area contributed by atoms with Crippen LogP contribution >= 0.6 is 11.9 Å². The maximum Gasteiger partial charge on any atom is 0.185 e. The molecule has 2 aliphatic rings. The number of anilines is 1. The molecular formula is C26H37N5S. The number of fused-ring (bicyclic) bond motifs is 2. The van der Waals surface area contributed by atoms with Gasteiger partial charge in [-0.2, -0.15) is 0 Å². The molecule has 1 aliphatic carbocycles. The molecule has 1 aromatic heterocycles. The molecule has 2 heterocycles. The van der Waals surface area contributed by atoms with Gasteiger partial charge in [-0.05, 0) is 57.1 Å². The van der Waals surface area contributed by atoms with Gasteiger partial charge in [0.15, 0.2) is 5.17 Å². The van der Waals surface area contributed by atoms with E-state index in [1.165, 1.54) is 80.1 Å². The molecule has 2 N–H and O–H groups in total. The van der Waals surface area contributed by atoms with Crippen LogP contribution in [-0.2, 0) is 12.8 Å². The van der Waals surface area contributed by atoms with Crippen molar-refractivity contribution in [3.05, 3.63) is 47.9 Å². The second kappa shape index (κ2) is 11.6. The van der Waals surface area contributed by atoms with E-state index in [1.807, 2.05) is 0 Å². The van der Waals surface area contributed by atoms with Gasteiger partial charge in [0.05, 0.1) is 5.52 Å². The highest BCUT2D eigenvalue weighted by Gasteiger charge is 2.21. The van der Waals surface area contributed by atoms with Gasteiger partial charge >= 0.3 is 0 Å². The number of pyridine rings is 1. The van der Waals surface area contributed by atoms with Crippen molar-refractivity contribution < 1.29 is 0 Å². The monoisotopic (exact) mass is 451 g/mol. The molecule has 32 heavy (non-hydrogen) atoms. The molecule has 0 unspecified atom stereocenters. The fourth-order valence-electron chi connectivity index (χ4n) is 4.68. The molecule has 0 atom stereocenters. The summed E-state index contributed by atoms with van der Waals surface area (Å²) < 4.78 is 3.20. The summed E-state index contributed by atoms with van der Waals surface area (Å²) in [5.41, 5.74) is 5.28. The number of aromatic nitrogens is 1. The lowest BCUT2D eigenvalue weighted by molar-refractivity contribution is 0.544. The molecule has 1 aliphatic heterocycles. The molecule has 0 bridgehead atoms. The van der Waals surface area contributed by atoms with Crippen LogP contribution in [0.15, 0.2) is 41.7 Å². The molecule has 0 spiro atoms. The standard InChI is InChI=1S/C26H37N5S/c1-3-31-20(2)30-32-26(31)28-19-13-7-5-4-6-12-18-27-25-21-14-8-10-16-23(21)29-24-17-11-9-15-22(24)25/h8,10,14,16,30H,2-7,9,11-13,15,17-19H2,1H3,(H,27,29). The Morgan fingerprint density at radius 3 is 2.75 bits per heavy atom. The van der Waals surface area contributed by atoms with E-state index in [2.05, 4.69) is 52.7 Å². The average Bonchev–Trinajstić information content (AvgIpc) is 3.18. The Bertz CT molecular complexity index is 955. The Hall–Kier alpha value is -2.21. The van der Waals surface area contributed by atoms with Crippen molar-refractivity contribution >= 4 is 33.7 Å². The molecular weight excluding hydrogens is 414 g/mol. The topological polar surface area (TPSA) is 52.6 Å². The van der Waals surface area contributed by atoms with Crippen LogP contribution in [0.1, 0.15) is 69.5 Å². The number of para-hydroxylation sites is 1. The maximum atomic E-state index is 4.95. The first-order valence-corrected chi connectivity index (χ1v) is 13.2. The third kappa shape index (κ3) is 5.58. The van der Waals surface area contributed by atoms with Gasteiger partial charge in [0.25, 0.3) is 0 Å². The van der Waals surface area contributed by atoms with Crippen molar-refractivity contribution in [2.45, 2.75) is 71.1 Å². The summed E-state index contributed by atoms with van der Waals surface area (Å²) in [6.07, 6.45) is 12.4. The first-order valence-electron chi connectivity index (χ1n) is 12.4. The minimum atomic E-state index is 0.912. The van der Waals surface area contributed by atoms with Crippen LogP contribution in [0.3, 0.4) is 0 Å². The fraction of sp³-hybridized carbons (Fsp3) is 0.538. The van der Waals surface area contributed by atoms with E-state index in [1.54, 1.807) is 11.9 Å². The van der Waals surface area contributed by atoms with Crippen LogP contribution in [-0.4, -0.2) is 34.7 Å². The van der Waals surface area contributed by atoms with Crippen molar-refractivity contribution in [2.75, 3.05) is 25.0 Å².